The van der Waals surface area contributed by atoms with Crippen molar-refractivity contribution >= 4 is 33.2 Å². The van der Waals surface area contributed by atoms with E-state index in [9.17, 15) is 4.79 Å². The first-order valence-corrected chi connectivity index (χ1v) is 6.88. The molecule has 4 nitrogen and oxygen atoms in total. The Balaban J connectivity index is 1.92. The van der Waals surface area contributed by atoms with Crippen molar-refractivity contribution in [1.82, 2.24) is 0 Å². The molecule has 104 valence electrons. The molecule has 0 unspecified atom stereocenters. The summed E-state index contributed by atoms with van der Waals surface area (Å²) in [6, 6.07) is 12.8. The highest BCUT2D eigenvalue weighted by atomic mass is 79.9. The fourth-order valence-corrected chi connectivity index (χ4v) is 2.07. The van der Waals surface area contributed by atoms with Gasteiger partial charge in [0.25, 0.3) is 5.91 Å². The first kappa shape index (κ1) is 14.4. The van der Waals surface area contributed by atoms with Crippen molar-refractivity contribution in [3.63, 3.8) is 0 Å². The summed E-state index contributed by atoms with van der Waals surface area (Å²) >= 11 is 3.31. The van der Waals surface area contributed by atoms with Crippen LogP contribution in [0.5, 0.6) is 5.75 Å². The Morgan fingerprint density at radius 2 is 2.10 bits per heavy atom. The van der Waals surface area contributed by atoms with E-state index in [4.69, 9.17) is 10.5 Å². The summed E-state index contributed by atoms with van der Waals surface area (Å²) in [4.78, 5) is 11.8. The minimum Gasteiger partial charge on any atom is -0.484 e. The Kier molecular flexibility index (Phi) is 4.63. The summed E-state index contributed by atoms with van der Waals surface area (Å²) in [6.07, 6.45) is 0. The van der Waals surface area contributed by atoms with Gasteiger partial charge in [0.2, 0.25) is 0 Å². The molecule has 0 fully saturated rings. The predicted molar refractivity (Wildman–Crippen MR) is 83.9 cm³/mol. The molecular weight excluding hydrogens is 320 g/mol. The lowest BCUT2D eigenvalue weighted by atomic mass is 10.2. The smallest absolute Gasteiger partial charge is 0.262 e. The number of nitrogen functional groups attached to an aromatic ring is 1. The van der Waals surface area contributed by atoms with E-state index >= 15 is 0 Å². The van der Waals surface area contributed by atoms with E-state index in [0.717, 1.165) is 10.0 Å². The first-order chi connectivity index (χ1) is 9.54. The van der Waals surface area contributed by atoms with Crippen LogP contribution < -0.4 is 15.8 Å². The maximum absolute atomic E-state index is 11.8. The number of ether oxygens (including phenoxy) is 1. The van der Waals surface area contributed by atoms with Crippen molar-refractivity contribution in [2.24, 2.45) is 0 Å². The molecule has 0 radical (unpaired) electrons. The SMILES string of the molecule is Cc1cccc(OCC(=O)Nc2ccc(Br)cc2N)c1. The van der Waals surface area contributed by atoms with Gasteiger partial charge in [0, 0.05) is 4.47 Å². The number of aryl methyl sites for hydroxylation is 1. The predicted octanol–water partition coefficient (Wildman–Crippen LogP) is 3.36. The second kappa shape index (κ2) is 6.43. The highest BCUT2D eigenvalue weighted by Crippen LogP contribution is 2.23. The van der Waals surface area contributed by atoms with Crippen molar-refractivity contribution in [1.29, 1.82) is 0 Å². The summed E-state index contributed by atoms with van der Waals surface area (Å²) in [5, 5.41) is 2.71. The highest BCUT2D eigenvalue weighted by molar-refractivity contribution is 9.10. The number of carbonyl (C=O) groups excluding carboxylic acids is 1. The monoisotopic (exact) mass is 334 g/mol. The van der Waals surface area contributed by atoms with Crippen LogP contribution in [0.4, 0.5) is 11.4 Å². The molecule has 0 aromatic heterocycles. The number of nitrogens with two attached hydrogens (primary N) is 1. The standard InChI is InChI=1S/C15H15BrN2O2/c1-10-3-2-4-12(7-10)20-9-15(19)18-14-6-5-11(16)8-13(14)17/h2-8H,9,17H2,1H3,(H,18,19). The van der Waals surface area contributed by atoms with E-state index in [1.54, 1.807) is 12.1 Å². The molecule has 0 aliphatic heterocycles. The Morgan fingerprint density at radius 1 is 1.30 bits per heavy atom. The second-order valence-electron chi connectivity index (χ2n) is 4.38. The van der Waals surface area contributed by atoms with Gasteiger partial charge in [0.15, 0.2) is 6.61 Å². The Hall–Kier alpha value is -2.01. The fourth-order valence-electron chi connectivity index (χ4n) is 1.69. The molecule has 0 saturated heterocycles. The molecule has 0 spiro atoms. The van der Waals surface area contributed by atoms with Crippen molar-refractivity contribution in [3.8, 4) is 5.75 Å². The van der Waals surface area contributed by atoms with Gasteiger partial charge in [-0.15, -0.1) is 0 Å². The van der Waals surface area contributed by atoms with E-state index in [1.165, 1.54) is 0 Å². The quantitative estimate of drug-likeness (QED) is 0.842. The number of hydrogen-bond acceptors (Lipinski definition) is 3. The van der Waals surface area contributed by atoms with Crippen LogP contribution in [-0.2, 0) is 4.79 Å². The van der Waals surface area contributed by atoms with E-state index < -0.39 is 0 Å². The summed E-state index contributed by atoms with van der Waals surface area (Å²) in [7, 11) is 0. The molecule has 2 aromatic rings. The molecule has 0 heterocycles. The van der Waals surface area contributed by atoms with Crippen molar-refractivity contribution in [3.05, 3.63) is 52.5 Å². The Morgan fingerprint density at radius 3 is 2.80 bits per heavy atom. The maximum Gasteiger partial charge on any atom is 0.262 e. The summed E-state index contributed by atoms with van der Waals surface area (Å²) in [5.74, 6) is 0.421. The van der Waals surface area contributed by atoms with Gasteiger partial charge in [-0.3, -0.25) is 4.79 Å². The average Bonchev–Trinajstić information content (AvgIpc) is 2.40. The van der Waals surface area contributed by atoms with Crippen LogP contribution in [0.2, 0.25) is 0 Å². The lowest BCUT2D eigenvalue weighted by molar-refractivity contribution is -0.118. The topological polar surface area (TPSA) is 64.3 Å². The number of amides is 1. The fraction of sp³-hybridized carbons (Fsp3) is 0.133. The van der Waals surface area contributed by atoms with Crippen molar-refractivity contribution in [2.75, 3.05) is 17.7 Å². The third kappa shape index (κ3) is 3.99. The molecule has 0 saturated carbocycles. The van der Waals surface area contributed by atoms with E-state index in [-0.39, 0.29) is 12.5 Å². The van der Waals surface area contributed by atoms with Gasteiger partial charge < -0.3 is 15.8 Å². The van der Waals surface area contributed by atoms with Crippen LogP contribution in [-0.4, -0.2) is 12.5 Å². The molecule has 0 bridgehead atoms. The van der Waals surface area contributed by atoms with E-state index in [2.05, 4.69) is 21.2 Å². The first-order valence-electron chi connectivity index (χ1n) is 6.09. The van der Waals surface area contributed by atoms with Gasteiger partial charge in [-0.05, 0) is 42.8 Å². The Bertz CT molecular complexity index is 629. The minimum atomic E-state index is -0.250. The molecule has 0 aliphatic carbocycles. The van der Waals surface area contributed by atoms with Crippen LogP contribution in [0.1, 0.15) is 5.56 Å². The highest BCUT2D eigenvalue weighted by Gasteiger charge is 2.06. The molecular formula is C15H15BrN2O2. The molecule has 2 aromatic carbocycles. The summed E-state index contributed by atoms with van der Waals surface area (Å²) in [6.45, 7) is 1.91. The normalized spacial score (nSPS) is 10.1. The molecule has 1 amide bonds. The van der Waals surface area contributed by atoms with Gasteiger partial charge in [-0.25, -0.2) is 0 Å². The third-order valence-corrected chi connectivity index (χ3v) is 3.14. The summed E-state index contributed by atoms with van der Waals surface area (Å²) < 4.78 is 6.29. The largest absolute Gasteiger partial charge is 0.484 e. The summed E-state index contributed by atoms with van der Waals surface area (Å²) in [5.41, 5.74) is 7.97. The zero-order chi connectivity index (χ0) is 14.5. The number of hydrogen-bond donors (Lipinski definition) is 2. The number of rotatable bonds is 4. The number of benzene rings is 2. The number of halogens is 1. The zero-order valence-corrected chi connectivity index (χ0v) is 12.6. The van der Waals surface area contributed by atoms with Crippen LogP contribution in [0, 0.1) is 6.92 Å². The zero-order valence-electron chi connectivity index (χ0n) is 11.0. The number of carbonyl (C=O) groups is 1. The third-order valence-electron chi connectivity index (χ3n) is 2.65. The average molecular weight is 335 g/mol. The van der Waals surface area contributed by atoms with E-state index in [0.29, 0.717) is 17.1 Å². The number of nitrogens with one attached hydrogen (secondary N) is 1. The minimum absolute atomic E-state index is 0.0566. The lowest BCUT2D eigenvalue weighted by Crippen LogP contribution is -2.20. The van der Waals surface area contributed by atoms with Gasteiger partial charge in [-0.1, -0.05) is 28.1 Å². The maximum atomic E-state index is 11.8. The van der Waals surface area contributed by atoms with Gasteiger partial charge in [0.1, 0.15) is 5.75 Å². The van der Waals surface area contributed by atoms with Crippen molar-refractivity contribution < 1.29 is 9.53 Å². The van der Waals surface area contributed by atoms with Crippen LogP contribution in [0.25, 0.3) is 0 Å². The van der Waals surface area contributed by atoms with E-state index in [1.807, 2.05) is 37.3 Å². The van der Waals surface area contributed by atoms with Gasteiger partial charge in [-0.2, -0.15) is 0 Å². The Labute approximate surface area is 126 Å². The van der Waals surface area contributed by atoms with Gasteiger partial charge in [0.05, 0.1) is 11.4 Å². The molecule has 0 aliphatic rings. The second-order valence-corrected chi connectivity index (χ2v) is 5.30. The number of anilines is 2. The lowest BCUT2D eigenvalue weighted by Gasteiger charge is -2.10. The van der Waals surface area contributed by atoms with Gasteiger partial charge >= 0.3 is 0 Å². The molecule has 5 heteroatoms. The van der Waals surface area contributed by atoms with Crippen LogP contribution >= 0.6 is 15.9 Å². The molecule has 20 heavy (non-hydrogen) atoms. The van der Waals surface area contributed by atoms with Crippen LogP contribution in [0.15, 0.2) is 46.9 Å². The van der Waals surface area contributed by atoms with Crippen molar-refractivity contribution in [2.45, 2.75) is 6.92 Å². The molecule has 2 rings (SSSR count). The molecule has 3 N–H and O–H groups in total. The molecule has 0 atom stereocenters. The van der Waals surface area contributed by atoms with Crippen LogP contribution in [0.3, 0.4) is 0 Å².